The molecule has 7 heteroatoms. The first-order valence-electron chi connectivity index (χ1n) is 10.00. The molecule has 1 aliphatic heterocycles. The summed E-state index contributed by atoms with van der Waals surface area (Å²) < 4.78 is 16.5. The lowest BCUT2D eigenvalue weighted by Crippen LogP contribution is -2.23. The van der Waals surface area contributed by atoms with Crippen molar-refractivity contribution in [3.63, 3.8) is 0 Å². The van der Waals surface area contributed by atoms with Crippen LogP contribution in [0, 0.1) is 5.92 Å². The van der Waals surface area contributed by atoms with Crippen molar-refractivity contribution < 1.29 is 13.6 Å². The number of benzene rings is 2. The summed E-state index contributed by atoms with van der Waals surface area (Å²) in [5, 5.41) is 0. The van der Waals surface area contributed by atoms with E-state index >= 15 is 0 Å². The van der Waals surface area contributed by atoms with Crippen molar-refractivity contribution in [3.05, 3.63) is 68.4 Å². The SMILES string of the molecule is CN(CCSC1=Cc2c(ccc3oc(=O)c(=O)oc23)Oc2ccccc21)CC1CC1. The molecule has 1 aromatic heterocycles. The van der Waals surface area contributed by atoms with E-state index in [-0.39, 0.29) is 11.2 Å². The minimum atomic E-state index is -1.03. The first kappa shape index (κ1) is 19.2. The van der Waals surface area contributed by atoms with Crippen LogP contribution in [0.4, 0.5) is 0 Å². The first-order valence-corrected chi connectivity index (χ1v) is 11.0. The Bertz CT molecular complexity index is 1250. The van der Waals surface area contributed by atoms with E-state index in [1.807, 2.05) is 30.3 Å². The van der Waals surface area contributed by atoms with E-state index in [1.54, 1.807) is 23.9 Å². The quantitative estimate of drug-likeness (QED) is 0.543. The van der Waals surface area contributed by atoms with Crippen LogP contribution < -0.4 is 16.0 Å². The van der Waals surface area contributed by atoms with Gasteiger partial charge in [0.1, 0.15) is 11.5 Å². The van der Waals surface area contributed by atoms with Gasteiger partial charge in [-0.05, 0) is 50.1 Å². The van der Waals surface area contributed by atoms with Crippen LogP contribution in [0.3, 0.4) is 0 Å². The predicted octanol–water partition coefficient (Wildman–Crippen LogP) is 4.43. The van der Waals surface area contributed by atoms with E-state index in [4.69, 9.17) is 13.6 Å². The number of hydrogen-bond acceptors (Lipinski definition) is 7. The molecular weight excluding hydrogens is 402 g/mol. The molecule has 0 atom stereocenters. The molecule has 1 fully saturated rings. The zero-order valence-electron chi connectivity index (χ0n) is 16.6. The summed E-state index contributed by atoms with van der Waals surface area (Å²) in [5.74, 6) is 3.07. The van der Waals surface area contributed by atoms with Gasteiger partial charge >= 0.3 is 11.3 Å². The van der Waals surface area contributed by atoms with Crippen LogP contribution in [0.15, 0.2) is 54.8 Å². The number of rotatable bonds is 6. The maximum atomic E-state index is 11.8. The lowest BCUT2D eigenvalue weighted by Gasteiger charge is -2.16. The van der Waals surface area contributed by atoms with Gasteiger partial charge in [0.05, 0.1) is 5.56 Å². The summed E-state index contributed by atoms with van der Waals surface area (Å²) in [5.41, 5.74) is -0.0270. The monoisotopic (exact) mass is 423 g/mol. The Balaban J connectivity index is 1.53. The molecule has 0 amide bonds. The number of thioether (sulfide) groups is 1. The average molecular weight is 423 g/mol. The standard InChI is InChI=1S/C23H21NO5S/c1-24(13-14-6-7-14)10-11-30-20-12-16-18(27-17-5-3-2-4-15(17)20)8-9-19-21(16)29-23(26)22(25)28-19/h2-5,8-9,12,14H,6-7,10-11,13H2,1H3. The maximum Gasteiger partial charge on any atom is 0.423 e. The first-order chi connectivity index (χ1) is 14.6. The van der Waals surface area contributed by atoms with Crippen LogP contribution in [-0.2, 0) is 0 Å². The summed E-state index contributed by atoms with van der Waals surface area (Å²) in [7, 11) is 2.16. The van der Waals surface area contributed by atoms with Gasteiger partial charge in [0.15, 0.2) is 11.2 Å². The van der Waals surface area contributed by atoms with Crippen LogP contribution in [0.25, 0.3) is 22.1 Å². The third-order valence-electron chi connectivity index (χ3n) is 5.33. The van der Waals surface area contributed by atoms with E-state index in [1.165, 1.54) is 12.8 Å². The summed E-state index contributed by atoms with van der Waals surface area (Å²) in [6.45, 7) is 2.13. The summed E-state index contributed by atoms with van der Waals surface area (Å²) >= 11 is 1.74. The molecule has 0 unspecified atom stereocenters. The second-order valence-corrected chi connectivity index (χ2v) is 8.88. The lowest BCUT2D eigenvalue weighted by molar-refractivity contribution is 0.340. The van der Waals surface area contributed by atoms with Crippen LogP contribution in [-0.4, -0.2) is 30.8 Å². The van der Waals surface area contributed by atoms with E-state index in [0.717, 1.165) is 41.0 Å². The number of ether oxygens (including phenoxy) is 1. The molecule has 1 aliphatic carbocycles. The van der Waals surface area contributed by atoms with E-state index < -0.39 is 11.3 Å². The summed E-state index contributed by atoms with van der Waals surface area (Å²) in [6.07, 6.45) is 4.65. The van der Waals surface area contributed by atoms with Gasteiger partial charge in [-0.15, -0.1) is 11.8 Å². The Kier molecular flexibility index (Phi) is 5.00. The molecule has 5 rings (SSSR count). The van der Waals surface area contributed by atoms with Gasteiger partial charge in [0.2, 0.25) is 0 Å². The van der Waals surface area contributed by atoms with Gasteiger partial charge in [-0.25, -0.2) is 9.59 Å². The minimum Gasteiger partial charge on any atom is -0.456 e. The maximum absolute atomic E-state index is 11.8. The average Bonchev–Trinajstić information content (AvgIpc) is 3.55. The molecule has 0 bridgehead atoms. The second-order valence-electron chi connectivity index (χ2n) is 7.74. The molecule has 30 heavy (non-hydrogen) atoms. The fraction of sp³-hybridized carbons (Fsp3) is 0.304. The molecule has 1 saturated carbocycles. The molecule has 0 radical (unpaired) electrons. The molecule has 0 spiro atoms. The fourth-order valence-corrected chi connectivity index (χ4v) is 4.75. The molecule has 2 aliphatic rings. The fourth-order valence-electron chi connectivity index (χ4n) is 3.60. The van der Waals surface area contributed by atoms with E-state index in [0.29, 0.717) is 11.3 Å². The Hall–Kier alpha value is -2.77. The van der Waals surface area contributed by atoms with Crippen molar-refractivity contribution in [2.45, 2.75) is 12.8 Å². The van der Waals surface area contributed by atoms with Crippen LogP contribution in [0.5, 0.6) is 11.5 Å². The second kappa shape index (κ2) is 7.81. The number of para-hydroxylation sites is 1. The molecule has 6 nitrogen and oxygen atoms in total. The van der Waals surface area contributed by atoms with Gasteiger partial charge in [0.25, 0.3) is 0 Å². The topological polar surface area (TPSA) is 72.9 Å². The lowest BCUT2D eigenvalue weighted by atomic mass is 10.1. The van der Waals surface area contributed by atoms with Crippen molar-refractivity contribution in [3.8, 4) is 11.5 Å². The summed E-state index contributed by atoms with van der Waals surface area (Å²) in [4.78, 5) is 26.8. The van der Waals surface area contributed by atoms with Crippen LogP contribution in [0.1, 0.15) is 24.0 Å². The number of fused-ring (bicyclic) bond motifs is 4. The molecule has 0 saturated heterocycles. The van der Waals surface area contributed by atoms with Gasteiger partial charge in [-0.1, -0.05) is 18.2 Å². The zero-order valence-corrected chi connectivity index (χ0v) is 17.4. The van der Waals surface area contributed by atoms with Gasteiger partial charge in [-0.3, -0.25) is 0 Å². The largest absolute Gasteiger partial charge is 0.456 e. The Morgan fingerprint density at radius 2 is 1.83 bits per heavy atom. The van der Waals surface area contributed by atoms with Crippen molar-refractivity contribution in [2.24, 2.45) is 5.92 Å². The highest BCUT2D eigenvalue weighted by molar-refractivity contribution is 8.08. The van der Waals surface area contributed by atoms with E-state index in [9.17, 15) is 9.59 Å². The Labute approximate surface area is 177 Å². The van der Waals surface area contributed by atoms with Crippen LogP contribution in [0.2, 0.25) is 0 Å². The molecule has 0 N–H and O–H groups in total. The van der Waals surface area contributed by atoms with Crippen molar-refractivity contribution >= 4 is 33.9 Å². The van der Waals surface area contributed by atoms with Crippen LogP contribution >= 0.6 is 11.8 Å². The molecular formula is C23H21NO5S. The van der Waals surface area contributed by atoms with E-state index in [2.05, 4.69) is 11.9 Å². The Morgan fingerprint density at radius 1 is 1.03 bits per heavy atom. The van der Waals surface area contributed by atoms with Crippen molar-refractivity contribution in [1.29, 1.82) is 0 Å². The molecule has 2 aromatic carbocycles. The molecule has 2 heterocycles. The molecule has 3 aromatic rings. The number of nitrogens with zero attached hydrogens (tertiary/aromatic N) is 1. The van der Waals surface area contributed by atoms with Gasteiger partial charge in [0, 0.05) is 29.3 Å². The smallest absolute Gasteiger partial charge is 0.423 e. The van der Waals surface area contributed by atoms with Gasteiger partial charge < -0.3 is 18.5 Å². The normalized spacial score (nSPS) is 15.3. The zero-order chi connectivity index (χ0) is 20.7. The predicted molar refractivity (Wildman–Crippen MR) is 118 cm³/mol. The van der Waals surface area contributed by atoms with Crippen molar-refractivity contribution in [2.75, 3.05) is 25.9 Å². The molecule has 154 valence electrons. The third kappa shape index (κ3) is 3.82. The summed E-state index contributed by atoms with van der Waals surface area (Å²) in [6, 6.07) is 11.2. The number of hydrogen-bond donors (Lipinski definition) is 0. The minimum absolute atomic E-state index is 0.217. The highest BCUT2D eigenvalue weighted by atomic mass is 32.2. The highest BCUT2D eigenvalue weighted by Gasteiger charge is 2.23. The van der Waals surface area contributed by atoms with Crippen molar-refractivity contribution in [1.82, 2.24) is 4.90 Å². The highest BCUT2D eigenvalue weighted by Crippen LogP contribution is 2.44. The van der Waals surface area contributed by atoms with Gasteiger partial charge in [-0.2, -0.15) is 0 Å². The Morgan fingerprint density at radius 3 is 2.67 bits per heavy atom. The third-order valence-corrected chi connectivity index (χ3v) is 6.36.